The van der Waals surface area contributed by atoms with E-state index in [9.17, 15) is 19.8 Å². The average Bonchev–Trinajstić information content (AvgIpc) is 4.02. The highest BCUT2D eigenvalue weighted by molar-refractivity contribution is 7.12. The maximum Gasteiger partial charge on any atom is 0.349 e. The Kier molecular flexibility index (Phi) is 12.9. The minimum atomic E-state index is -2.21. The van der Waals surface area contributed by atoms with E-state index in [2.05, 4.69) is 84.6 Å². The van der Waals surface area contributed by atoms with Crippen LogP contribution in [0, 0.1) is 0 Å². The van der Waals surface area contributed by atoms with Gasteiger partial charge in [-0.2, -0.15) is 0 Å². The molecule has 0 unspecified atom stereocenters. The summed E-state index contributed by atoms with van der Waals surface area (Å²) in [6.45, 7) is 13.9. The van der Waals surface area contributed by atoms with Crippen LogP contribution in [0.3, 0.4) is 0 Å². The quantitative estimate of drug-likeness (QED) is 0.0555. The molecule has 12 nitrogen and oxygen atoms in total. The second-order valence-electron chi connectivity index (χ2n) is 17.3. The molecule has 0 amide bonds. The van der Waals surface area contributed by atoms with Crippen molar-refractivity contribution in [2.24, 2.45) is 0 Å². The van der Waals surface area contributed by atoms with Gasteiger partial charge in [0.15, 0.2) is 8.32 Å². The van der Waals surface area contributed by atoms with Gasteiger partial charge in [0, 0.05) is 37.1 Å². The number of phenols is 1. The number of nitrogens with one attached hydrogen (secondary N) is 2. The van der Waals surface area contributed by atoms with Crippen molar-refractivity contribution in [3.8, 4) is 5.75 Å². The zero-order valence-electron chi connectivity index (χ0n) is 34.7. The lowest BCUT2D eigenvalue weighted by atomic mass is 9.91. The first-order chi connectivity index (χ1) is 28.1. The number of hydrogen-bond acceptors (Lipinski definition) is 12. The number of benzene rings is 2. The normalized spacial score (nSPS) is 17.2. The fourth-order valence-corrected chi connectivity index (χ4v) is 10.7. The molecular weight excluding hydrogens is 801 g/mol. The Balaban J connectivity index is 0.910. The number of fused-ring (bicyclic) bond motifs is 2. The maximum absolute atomic E-state index is 13.4. The lowest BCUT2D eigenvalue weighted by Crippen LogP contribution is -2.43. The molecule has 4 heterocycles. The fourth-order valence-electron chi connectivity index (χ4n) is 7.71. The predicted molar refractivity (Wildman–Crippen MR) is 238 cm³/mol. The third-order valence-electron chi connectivity index (χ3n) is 12.2. The Morgan fingerprint density at radius 1 is 1.03 bits per heavy atom. The van der Waals surface area contributed by atoms with Crippen molar-refractivity contribution in [3.63, 3.8) is 0 Å². The van der Waals surface area contributed by atoms with Crippen molar-refractivity contribution < 1.29 is 24.2 Å². The van der Waals surface area contributed by atoms with Crippen LogP contribution in [0.2, 0.25) is 18.1 Å². The lowest BCUT2D eigenvalue weighted by Gasteiger charge is -2.39. The molecule has 0 bridgehead atoms. The molecule has 1 aliphatic carbocycles. The number of carbonyl (C=O) groups is 1. The molecule has 6 aromatic rings. The van der Waals surface area contributed by atoms with Gasteiger partial charge in [-0.15, -0.1) is 27.8 Å². The number of H-pyrrole nitrogens is 1. The number of nitrogens with zero attached hydrogens (tertiary/aromatic N) is 4. The molecule has 1 saturated carbocycles. The number of aryl methyl sites for hydroxylation is 1. The van der Waals surface area contributed by atoms with Crippen LogP contribution in [0.4, 0.5) is 0 Å². The van der Waals surface area contributed by atoms with Gasteiger partial charge in [-0.05, 0) is 122 Å². The Labute approximate surface area is 354 Å². The van der Waals surface area contributed by atoms with E-state index in [1.807, 2.05) is 33.6 Å². The Morgan fingerprint density at radius 2 is 1.75 bits per heavy atom. The fraction of sp³-hybridized carbons (Fsp3) is 0.455. The zero-order valence-corrected chi connectivity index (χ0v) is 37.4. The van der Waals surface area contributed by atoms with Crippen LogP contribution in [-0.4, -0.2) is 81.7 Å². The summed E-state index contributed by atoms with van der Waals surface area (Å²) in [5.41, 5.74) is 2.21. The van der Waals surface area contributed by atoms with Crippen LogP contribution >= 0.6 is 22.7 Å². The molecule has 7 rings (SSSR count). The van der Waals surface area contributed by atoms with Gasteiger partial charge in [0.2, 0.25) is 11.2 Å². The summed E-state index contributed by atoms with van der Waals surface area (Å²) in [5, 5.41) is 39.2. The number of esters is 1. The van der Waals surface area contributed by atoms with Crippen LogP contribution in [0.5, 0.6) is 5.75 Å². The molecule has 0 radical (unpaired) electrons. The molecular formula is C44H56N6O6S2Si. The highest BCUT2D eigenvalue weighted by atomic mass is 32.1. The first-order valence-electron chi connectivity index (χ1n) is 20.4. The minimum Gasteiger partial charge on any atom is -0.506 e. The number of phenolic OH excluding ortho intramolecular Hbond substituents is 1. The van der Waals surface area contributed by atoms with Crippen molar-refractivity contribution in [1.29, 1.82) is 0 Å². The highest BCUT2D eigenvalue weighted by Gasteiger charge is 2.45. The summed E-state index contributed by atoms with van der Waals surface area (Å²) >= 11 is 2.71. The monoisotopic (exact) mass is 856 g/mol. The van der Waals surface area contributed by atoms with E-state index in [1.54, 1.807) is 24.3 Å². The minimum absolute atomic E-state index is 0.0126. The van der Waals surface area contributed by atoms with E-state index < -0.39 is 19.9 Å². The molecule has 0 aliphatic heterocycles. The topological polar surface area (TPSA) is 155 Å². The number of ether oxygens (including phenoxy) is 1. The number of carbonyl (C=O) groups excluding carboxylic acids is 1. The third-order valence-corrected chi connectivity index (χ3v) is 18.6. The lowest BCUT2D eigenvalue weighted by molar-refractivity contribution is -0.169. The van der Waals surface area contributed by atoms with Crippen LogP contribution in [0.15, 0.2) is 82.3 Å². The molecule has 15 heteroatoms. The second-order valence-corrected chi connectivity index (χ2v) is 23.9. The first kappa shape index (κ1) is 42.9. The molecule has 4 N–H and O–H groups in total. The predicted octanol–water partition coefficient (Wildman–Crippen LogP) is 8.07. The van der Waals surface area contributed by atoms with E-state index in [4.69, 9.17) is 9.16 Å². The number of aromatic nitrogens is 4. The number of thiophene rings is 2. The number of aliphatic hydroxyl groups is 1. The second kappa shape index (κ2) is 17.8. The van der Waals surface area contributed by atoms with Gasteiger partial charge in [0.25, 0.3) is 0 Å². The molecule has 4 aromatic heterocycles. The molecule has 1 atom stereocenters. The summed E-state index contributed by atoms with van der Waals surface area (Å²) in [5.74, 6) is -0.563. The molecule has 2 aromatic carbocycles. The van der Waals surface area contributed by atoms with Crippen molar-refractivity contribution in [1.82, 2.24) is 30.2 Å². The zero-order chi connectivity index (χ0) is 42.0. The van der Waals surface area contributed by atoms with Crippen molar-refractivity contribution >= 4 is 58.9 Å². The van der Waals surface area contributed by atoms with Gasteiger partial charge in [-0.3, -0.25) is 4.79 Å². The summed E-state index contributed by atoms with van der Waals surface area (Å²) in [7, 11) is -0.0444. The van der Waals surface area contributed by atoms with E-state index in [-0.39, 0.29) is 28.6 Å². The standard InChI is InChI=1S/C44H56N6O6S2Si/c1-43(2,3)59(5,6)56-37(32-17-20-36(51)41-33(32)18-21-40(52)46-41)28-45-27-29-12-19-35-34(26-29)47-48-50(35)23-9-22-49(4)30-13-15-31(16-14-30)55-42(53)44(54,38-10-7-24-57-38)39-11-8-25-58-39/h7-8,10-12,17-21,24-26,30-31,37,45,51,54H,9,13-16,22-23,27-28H2,1-6H3,(H,46,52)/t30-,31-,37-/m0/s1. The summed E-state index contributed by atoms with van der Waals surface area (Å²) in [6, 6.07) is 20.7. The number of aromatic hydroxyl groups is 1. The maximum atomic E-state index is 13.4. The van der Waals surface area contributed by atoms with Crippen molar-refractivity contribution in [3.05, 3.63) is 109 Å². The molecule has 0 spiro atoms. The average molecular weight is 857 g/mol. The van der Waals surface area contributed by atoms with Crippen molar-refractivity contribution in [2.45, 2.75) is 108 Å². The van der Waals surface area contributed by atoms with Crippen LogP contribution in [0.1, 0.15) is 79.9 Å². The highest BCUT2D eigenvalue weighted by Crippen LogP contribution is 2.42. The smallest absolute Gasteiger partial charge is 0.349 e. The number of rotatable bonds is 16. The van der Waals surface area contributed by atoms with Crippen LogP contribution < -0.4 is 10.9 Å². The molecule has 1 fully saturated rings. The SMILES string of the molecule is CN(CCCn1nnc2cc(CNC[C@H](O[Si](C)(C)C(C)(C)C)c3ccc(O)c4[nH]c(=O)ccc34)ccc21)[C@H]1CC[C@H](OC(=O)C(O)(c2cccs2)c2cccs2)CC1. The first-order valence-corrected chi connectivity index (χ1v) is 25.1. The van der Waals surface area contributed by atoms with Crippen LogP contribution in [-0.2, 0) is 32.6 Å². The number of hydrogen-bond donors (Lipinski definition) is 4. The van der Waals surface area contributed by atoms with E-state index in [0.29, 0.717) is 34.4 Å². The Bertz CT molecular complexity index is 2370. The summed E-state index contributed by atoms with van der Waals surface area (Å²) in [4.78, 5) is 31.9. The van der Waals surface area contributed by atoms with Crippen LogP contribution in [0.25, 0.3) is 21.9 Å². The molecule has 0 saturated heterocycles. The Hall–Kier alpha value is -4.22. The van der Waals surface area contributed by atoms with Gasteiger partial charge in [-0.25, -0.2) is 9.48 Å². The van der Waals surface area contributed by atoms with E-state index >= 15 is 0 Å². The third kappa shape index (κ3) is 9.41. The number of aromatic amines is 1. The summed E-state index contributed by atoms with van der Waals surface area (Å²) in [6.07, 6.45) is 3.75. The van der Waals surface area contributed by atoms with Gasteiger partial charge in [0.05, 0.1) is 26.9 Å². The van der Waals surface area contributed by atoms with E-state index in [0.717, 1.165) is 72.7 Å². The largest absolute Gasteiger partial charge is 0.506 e. The van der Waals surface area contributed by atoms with Gasteiger partial charge in [-0.1, -0.05) is 50.3 Å². The molecule has 1 aliphatic rings. The number of pyridine rings is 1. The van der Waals surface area contributed by atoms with Gasteiger partial charge < -0.3 is 34.6 Å². The molecule has 59 heavy (non-hydrogen) atoms. The van der Waals surface area contributed by atoms with Crippen molar-refractivity contribution in [2.75, 3.05) is 20.1 Å². The van der Waals surface area contributed by atoms with Gasteiger partial charge in [0.1, 0.15) is 17.4 Å². The summed E-state index contributed by atoms with van der Waals surface area (Å²) < 4.78 is 14.9. The van der Waals surface area contributed by atoms with Gasteiger partial charge >= 0.3 is 5.97 Å². The van der Waals surface area contributed by atoms with E-state index in [1.165, 1.54) is 28.7 Å². The molecule has 314 valence electrons. The Morgan fingerprint density at radius 3 is 2.41 bits per heavy atom.